The van der Waals surface area contributed by atoms with Gasteiger partial charge in [0.2, 0.25) is 0 Å². The Kier molecular flexibility index (Phi) is 5.14. The lowest BCUT2D eigenvalue weighted by Gasteiger charge is -2.17. The largest absolute Gasteiger partial charge is 0.497 e. The predicted molar refractivity (Wildman–Crippen MR) is 111 cm³/mol. The van der Waals surface area contributed by atoms with E-state index < -0.39 is 0 Å². The molecule has 0 aliphatic carbocycles. The van der Waals surface area contributed by atoms with Crippen molar-refractivity contribution in [3.63, 3.8) is 0 Å². The molecule has 1 aliphatic rings. The van der Waals surface area contributed by atoms with E-state index in [1.54, 1.807) is 25.5 Å². The number of carbonyl (C=O) groups is 1. The number of carbonyl (C=O) groups excluding carboxylic acids is 1. The Labute approximate surface area is 163 Å². The third-order valence-corrected chi connectivity index (χ3v) is 6.47. The van der Waals surface area contributed by atoms with Crippen molar-refractivity contribution in [2.75, 3.05) is 27.2 Å². The van der Waals surface area contributed by atoms with Gasteiger partial charge in [-0.3, -0.25) is 9.69 Å². The van der Waals surface area contributed by atoms with Gasteiger partial charge in [-0.2, -0.15) is 0 Å². The van der Waals surface area contributed by atoms with Crippen LogP contribution < -0.4 is 10.1 Å². The van der Waals surface area contributed by atoms with Crippen LogP contribution in [0.4, 0.5) is 0 Å². The lowest BCUT2D eigenvalue weighted by atomic mass is 9.95. The first-order chi connectivity index (χ1) is 13.2. The lowest BCUT2D eigenvalue weighted by Crippen LogP contribution is -2.21. The maximum Gasteiger partial charge on any atom is 0.261 e. The minimum Gasteiger partial charge on any atom is -0.497 e. The van der Waals surface area contributed by atoms with Crippen LogP contribution in [0.1, 0.15) is 33.1 Å². The molecule has 4 nitrogen and oxygen atoms in total. The van der Waals surface area contributed by atoms with Crippen molar-refractivity contribution >= 4 is 27.3 Å². The summed E-state index contributed by atoms with van der Waals surface area (Å²) >= 11 is 1.61. The smallest absolute Gasteiger partial charge is 0.261 e. The Bertz CT molecular complexity index is 966. The average Bonchev–Trinajstić information content (AvgIpc) is 3.31. The van der Waals surface area contributed by atoms with Gasteiger partial charge in [0.05, 0.1) is 12.0 Å². The van der Waals surface area contributed by atoms with Crippen molar-refractivity contribution < 1.29 is 9.53 Å². The summed E-state index contributed by atoms with van der Waals surface area (Å²) in [6, 6.07) is 16.6. The summed E-state index contributed by atoms with van der Waals surface area (Å²) in [6.45, 7) is 2.92. The molecular weight excluding hydrogens is 356 g/mol. The van der Waals surface area contributed by atoms with Gasteiger partial charge in [0.25, 0.3) is 5.91 Å². The topological polar surface area (TPSA) is 41.6 Å². The standard InChI is InChI=1S/C22H24N2O2S/c1-23-22(25)21-20(18-8-3-4-9-19(18)27-21)16-10-11-24(14-16)13-15-6-5-7-17(12-15)26-2/h3-9,12,16H,10-11,13-14H2,1-2H3,(H,23,25)/t16-/m0/s1. The maximum absolute atomic E-state index is 12.5. The molecule has 1 aliphatic heterocycles. The molecule has 4 rings (SSSR count). The van der Waals surface area contributed by atoms with Crippen molar-refractivity contribution in [1.29, 1.82) is 0 Å². The third kappa shape index (κ3) is 3.57. The van der Waals surface area contributed by atoms with Crippen LogP contribution in [0.5, 0.6) is 5.75 Å². The van der Waals surface area contributed by atoms with Crippen molar-refractivity contribution in [2.24, 2.45) is 0 Å². The van der Waals surface area contributed by atoms with Gasteiger partial charge < -0.3 is 10.1 Å². The van der Waals surface area contributed by atoms with E-state index >= 15 is 0 Å². The van der Waals surface area contributed by atoms with Crippen LogP contribution in [0, 0.1) is 0 Å². The number of ether oxygens (including phenoxy) is 1. The van der Waals surface area contributed by atoms with Crippen LogP contribution in [0.25, 0.3) is 10.1 Å². The number of rotatable bonds is 5. The number of hydrogen-bond acceptors (Lipinski definition) is 4. The van der Waals surface area contributed by atoms with Gasteiger partial charge in [0.1, 0.15) is 5.75 Å². The Balaban J connectivity index is 1.59. The number of nitrogens with zero attached hydrogens (tertiary/aromatic N) is 1. The summed E-state index contributed by atoms with van der Waals surface area (Å²) in [4.78, 5) is 15.8. The number of benzene rings is 2. The molecule has 1 N–H and O–H groups in total. The number of methoxy groups -OCH3 is 1. The first-order valence-electron chi connectivity index (χ1n) is 9.28. The normalized spacial score (nSPS) is 17.3. The Morgan fingerprint density at radius 3 is 2.93 bits per heavy atom. The van der Waals surface area contributed by atoms with Crippen LogP contribution in [0.2, 0.25) is 0 Å². The van der Waals surface area contributed by atoms with Crippen molar-refractivity contribution in [1.82, 2.24) is 10.2 Å². The van der Waals surface area contributed by atoms with Gasteiger partial charge in [0, 0.05) is 30.8 Å². The molecule has 0 bridgehead atoms. The van der Waals surface area contributed by atoms with Crippen LogP contribution in [-0.2, 0) is 6.54 Å². The van der Waals surface area contributed by atoms with Crippen molar-refractivity contribution in [3.8, 4) is 5.75 Å². The molecule has 1 atom stereocenters. The molecule has 3 aromatic rings. The Morgan fingerprint density at radius 1 is 1.26 bits per heavy atom. The molecule has 2 heterocycles. The first-order valence-corrected chi connectivity index (χ1v) is 10.1. The fraction of sp³-hybridized carbons (Fsp3) is 0.318. The van der Waals surface area contributed by atoms with E-state index in [0.717, 1.165) is 36.7 Å². The van der Waals surface area contributed by atoms with Gasteiger partial charge in [-0.25, -0.2) is 0 Å². The highest BCUT2D eigenvalue weighted by molar-refractivity contribution is 7.21. The quantitative estimate of drug-likeness (QED) is 0.719. The highest BCUT2D eigenvalue weighted by Gasteiger charge is 2.30. The predicted octanol–water partition coefficient (Wildman–Crippen LogP) is 4.26. The molecule has 5 heteroatoms. The highest BCUT2D eigenvalue weighted by Crippen LogP contribution is 2.40. The van der Waals surface area contributed by atoms with E-state index in [9.17, 15) is 4.79 Å². The molecule has 1 fully saturated rings. The summed E-state index contributed by atoms with van der Waals surface area (Å²) in [6.07, 6.45) is 1.08. The van der Waals surface area contributed by atoms with E-state index in [-0.39, 0.29) is 5.91 Å². The zero-order chi connectivity index (χ0) is 18.8. The molecular formula is C22H24N2O2S. The molecule has 2 aromatic carbocycles. The van der Waals surface area contributed by atoms with Crippen LogP contribution in [-0.4, -0.2) is 38.1 Å². The number of fused-ring (bicyclic) bond motifs is 1. The number of thiophene rings is 1. The van der Waals surface area contributed by atoms with Gasteiger partial charge in [-0.1, -0.05) is 30.3 Å². The summed E-state index contributed by atoms with van der Waals surface area (Å²) < 4.78 is 6.53. The van der Waals surface area contributed by atoms with Crippen molar-refractivity contribution in [3.05, 3.63) is 64.5 Å². The van der Waals surface area contributed by atoms with Crippen LogP contribution in [0.15, 0.2) is 48.5 Å². The summed E-state index contributed by atoms with van der Waals surface area (Å²) in [5, 5.41) is 4.04. The SMILES string of the molecule is CNC(=O)c1sc2ccccc2c1[C@H]1CCN(Cc2cccc(OC)c2)C1. The summed E-state index contributed by atoms with van der Waals surface area (Å²) in [7, 11) is 3.41. The minimum absolute atomic E-state index is 0.0254. The summed E-state index contributed by atoms with van der Waals surface area (Å²) in [5.74, 6) is 1.31. The molecule has 140 valence electrons. The molecule has 0 radical (unpaired) electrons. The number of amides is 1. The fourth-order valence-corrected chi connectivity index (χ4v) is 5.23. The first kappa shape index (κ1) is 18.0. The van der Waals surface area contributed by atoms with E-state index in [1.165, 1.54) is 21.2 Å². The van der Waals surface area contributed by atoms with Gasteiger partial charge in [-0.15, -0.1) is 11.3 Å². The number of hydrogen-bond donors (Lipinski definition) is 1. The number of nitrogens with one attached hydrogen (secondary N) is 1. The monoisotopic (exact) mass is 380 g/mol. The van der Waals surface area contributed by atoms with Gasteiger partial charge >= 0.3 is 0 Å². The second-order valence-corrected chi connectivity index (χ2v) is 8.04. The van der Waals surface area contributed by atoms with Gasteiger partial charge in [-0.05, 0) is 47.7 Å². The second-order valence-electron chi connectivity index (χ2n) is 6.99. The molecule has 1 saturated heterocycles. The molecule has 0 saturated carbocycles. The maximum atomic E-state index is 12.5. The van der Waals surface area contributed by atoms with Gasteiger partial charge in [0.15, 0.2) is 0 Å². The Hall–Kier alpha value is -2.37. The fourth-order valence-electron chi connectivity index (χ4n) is 3.99. The molecule has 1 amide bonds. The van der Waals surface area contributed by atoms with E-state index in [0.29, 0.717) is 5.92 Å². The molecule has 0 spiro atoms. The molecule has 27 heavy (non-hydrogen) atoms. The Morgan fingerprint density at radius 2 is 2.11 bits per heavy atom. The van der Waals surface area contributed by atoms with E-state index in [4.69, 9.17) is 4.74 Å². The van der Waals surface area contributed by atoms with Crippen LogP contribution >= 0.6 is 11.3 Å². The lowest BCUT2D eigenvalue weighted by molar-refractivity contribution is 0.0966. The summed E-state index contributed by atoms with van der Waals surface area (Å²) in [5.41, 5.74) is 2.49. The zero-order valence-electron chi connectivity index (χ0n) is 15.7. The molecule has 0 unspecified atom stereocenters. The third-order valence-electron chi connectivity index (χ3n) is 5.29. The minimum atomic E-state index is 0.0254. The zero-order valence-corrected chi connectivity index (χ0v) is 16.5. The van der Waals surface area contributed by atoms with Crippen LogP contribution in [0.3, 0.4) is 0 Å². The van der Waals surface area contributed by atoms with E-state index in [1.807, 2.05) is 18.2 Å². The number of likely N-dealkylation sites (tertiary alicyclic amines) is 1. The second kappa shape index (κ2) is 7.71. The average molecular weight is 381 g/mol. The van der Waals surface area contributed by atoms with E-state index in [2.05, 4.69) is 40.5 Å². The van der Waals surface area contributed by atoms with Crippen molar-refractivity contribution in [2.45, 2.75) is 18.9 Å². The highest BCUT2D eigenvalue weighted by atomic mass is 32.1. The molecule has 1 aromatic heterocycles.